The molecule has 34 heavy (non-hydrogen) atoms. The number of hydrogen-bond donors (Lipinski definition) is 5. The molecule has 1 aromatic carbocycles. The van der Waals surface area contributed by atoms with E-state index in [1.54, 1.807) is 0 Å². The molecular weight excluding hydrogens is 575 g/mol. The Balaban J connectivity index is 1.71. The third kappa shape index (κ3) is 9.64. The SMILES string of the molecule is NC(=NCCCCc1ccc(OCCCS(N)(=O)=O)cc1)NC(=O)c1nc(CI)c(N)nc1N. The summed E-state index contributed by atoms with van der Waals surface area (Å²) in [7, 11) is -3.46. The molecule has 0 aliphatic carbocycles. The van der Waals surface area contributed by atoms with Crippen molar-refractivity contribution in [3.63, 3.8) is 0 Å². The summed E-state index contributed by atoms with van der Waals surface area (Å²) in [6, 6.07) is 7.59. The maximum atomic E-state index is 12.3. The molecule has 0 saturated heterocycles. The number of carbonyl (C=O) groups excluding carboxylic acids is 1. The second kappa shape index (κ2) is 13.2. The van der Waals surface area contributed by atoms with Crippen LogP contribution in [0.4, 0.5) is 11.6 Å². The second-order valence-electron chi connectivity index (χ2n) is 7.31. The van der Waals surface area contributed by atoms with Gasteiger partial charge in [-0.15, -0.1) is 0 Å². The number of nitrogens with two attached hydrogens (primary N) is 4. The van der Waals surface area contributed by atoms with E-state index in [1.165, 1.54) is 0 Å². The van der Waals surface area contributed by atoms with Crippen molar-refractivity contribution in [2.45, 2.75) is 30.1 Å². The number of anilines is 2. The summed E-state index contributed by atoms with van der Waals surface area (Å²) in [6.45, 7) is 0.724. The van der Waals surface area contributed by atoms with Gasteiger partial charge in [-0.1, -0.05) is 34.7 Å². The summed E-state index contributed by atoms with van der Waals surface area (Å²) in [5, 5.41) is 7.41. The van der Waals surface area contributed by atoms with Crippen molar-refractivity contribution in [3.05, 3.63) is 41.2 Å². The summed E-state index contributed by atoms with van der Waals surface area (Å²) in [5.74, 6) is 0.0597. The van der Waals surface area contributed by atoms with Crippen LogP contribution in [0.3, 0.4) is 0 Å². The van der Waals surface area contributed by atoms with E-state index in [9.17, 15) is 13.2 Å². The van der Waals surface area contributed by atoms with Gasteiger partial charge in [-0.3, -0.25) is 15.1 Å². The minimum atomic E-state index is -3.46. The van der Waals surface area contributed by atoms with E-state index >= 15 is 0 Å². The normalized spacial score (nSPS) is 11.9. The molecule has 1 amide bonds. The molecule has 2 aromatic rings. The Morgan fingerprint density at radius 1 is 1.09 bits per heavy atom. The molecule has 2 rings (SSSR count). The first kappa shape index (κ1) is 27.5. The van der Waals surface area contributed by atoms with Gasteiger partial charge in [-0.25, -0.2) is 23.5 Å². The molecule has 9 N–H and O–H groups in total. The van der Waals surface area contributed by atoms with Gasteiger partial charge >= 0.3 is 0 Å². The Kier molecular flexibility index (Phi) is 10.7. The predicted octanol–water partition coefficient (Wildman–Crippen LogP) is 0.701. The third-order valence-electron chi connectivity index (χ3n) is 4.53. The zero-order valence-corrected chi connectivity index (χ0v) is 21.5. The molecule has 0 radical (unpaired) electrons. The number of nitrogen functional groups attached to an aromatic ring is 2. The van der Waals surface area contributed by atoms with Gasteiger partial charge in [0, 0.05) is 11.0 Å². The number of benzene rings is 1. The molecule has 0 fully saturated rings. The average molecular weight is 604 g/mol. The van der Waals surface area contributed by atoms with Crippen LogP contribution in [0.2, 0.25) is 0 Å². The van der Waals surface area contributed by atoms with Crippen LogP contribution in [0.1, 0.15) is 41.0 Å². The molecule has 14 heteroatoms. The Bertz CT molecular complexity index is 1110. The standard InChI is InChI=1S/C20H29IN8O4S/c21-12-15-17(22)28-18(23)16(27-15)19(30)29-20(24)26-9-2-1-4-13-5-7-14(8-6-13)33-10-3-11-34(25,31)32/h5-8H,1-4,9-12H2,(H4,22,23,28)(H2,25,31,32)(H3,24,26,29,30). The number of nitrogens with one attached hydrogen (secondary N) is 1. The number of ether oxygens (including phenoxy) is 1. The van der Waals surface area contributed by atoms with E-state index < -0.39 is 15.9 Å². The quantitative estimate of drug-likeness (QED) is 0.0757. The number of primary sulfonamides is 1. The van der Waals surface area contributed by atoms with Crippen molar-refractivity contribution in [2.75, 3.05) is 30.4 Å². The summed E-state index contributed by atoms with van der Waals surface area (Å²) in [4.78, 5) is 24.6. The van der Waals surface area contributed by atoms with Crippen molar-refractivity contribution >= 4 is 56.1 Å². The van der Waals surface area contributed by atoms with Crippen LogP contribution in [0.15, 0.2) is 29.3 Å². The van der Waals surface area contributed by atoms with Crippen molar-refractivity contribution < 1.29 is 17.9 Å². The average Bonchev–Trinajstić information content (AvgIpc) is 2.76. The highest BCUT2D eigenvalue weighted by atomic mass is 127. The minimum Gasteiger partial charge on any atom is -0.494 e. The fourth-order valence-electron chi connectivity index (χ4n) is 2.82. The Morgan fingerprint density at radius 2 is 1.79 bits per heavy atom. The number of rotatable bonds is 12. The van der Waals surface area contributed by atoms with E-state index in [1.807, 2.05) is 24.3 Å². The molecule has 0 aliphatic heterocycles. The first-order valence-electron chi connectivity index (χ1n) is 10.4. The van der Waals surface area contributed by atoms with Crippen molar-refractivity contribution in [3.8, 4) is 5.75 Å². The zero-order valence-electron chi connectivity index (χ0n) is 18.5. The third-order valence-corrected chi connectivity index (χ3v) is 6.11. The number of halogens is 1. The van der Waals surface area contributed by atoms with Crippen LogP contribution in [0.5, 0.6) is 5.75 Å². The lowest BCUT2D eigenvalue weighted by Gasteiger charge is -2.09. The van der Waals surface area contributed by atoms with Crippen LogP contribution in [-0.2, 0) is 20.9 Å². The van der Waals surface area contributed by atoms with Gasteiger partial charge in [0.25, 0.3) is 5.91 Å². The van der Waals surface area contributed by atoms with Crippen LogP contribution in [0, 0.1) is 0 Å². The number of sulfonamides is 1. The van der Waals surface area contributed by atoms with Gasteiger partial charge in [0.1, 0.15) is 11.6 Å². The van der Waals surface area contributed by atoms with Crippen molar-refractivity contribution in [2.24, 2.45) is 15.9 Å². The highest BCUT2D eigenvalue weighted by Gasteiger charge is 2.16. The Hall–Kier alpha value is -2.72. The molecular formula is C20H29IN8O4S. The predicted molar refractivity (Wildman–Crippen MR) is 140 cm³/mol. The number of guanidine groups is 1. The zero-order chi connectivity index (χ0) is 25.1. The lowest BCUT2D eigenvalue weighted by molar-refractivity contribution is 0.0972. The summed E-state index contributed by atoms with van der Waals surface area (Å²) in [5.41, 5.74) is 18.8. The van der Waals surface area contributed by atoms with E-state index in [0.717, 1.165) is 24.8 Å². The highest BCUT2D eigenvalue weighted by Crippen LogP contribution is 2.16. The number of aryl methyl sites for hydroxylation is 1. The van der Waals surface area contributed by atoms with Crippen molar-refractivity contribution in [1.82, 2.24) is 15.3 Å². The lowest BCUT2D eigenvalue weighted by atomic mass is 10.1. The highest BCUT2D eigenvalue weighted by molar-refractivity contribution is 14.1. The summed E-state index contributed by atoms with van der Waals surface area (Å²) >= 11 is 2.06. The molecule has 1 aromatic heterocycles. The van der Waals surface area contributed by atoms with Gasteiger partial charge in [0.2, 0.25) is 10.0 Å². The molecule has 0 saturated carbocycles. The largest absolute Gasteiger partial charge is 0.494 e. The fourth-order valence-corrected chi connectivity index (χ4v) is 3.90. The number of alkyl halides is 1. The molecule has 0 bridgehead atoms. The maximum Gasteiger partial charge on any atom is 0.280 e. The van der Waals surface area contributed by atoms with Crippen molar-refractivity contribution in [1.29, 1.82) is 0 Å². The number of aromatic nitrogens is 2. The molecule has 12 nitrogen and oxygen atoms in total. The van der Waals surface area contributed by atoms with Crippen LogP contribution in [0.25, 0.3) is 0 Å². The van der Waals surface area contributed by atoms with E-state index in [4.69, 9.17) is 27.1 Å². The molecule has 0 atom stereocenters. The van der Waals surface area contributed by atoms with Crippen LogP contribution >= 0.6 is 22.6 Å². The molecule has 1 heterocycles. The topological polar surface area (TPSA) is 215 Å². The molecule has 186 valence electrons. The summed E-state index contributed by atoms with van der Waals surface area (Å²) in [6.07, 6.45) is 2.81. The van der Waals surface area contributed by atoms with E-state index in [0.29, 0.717) is 28.8 Å². The Labute approximate surface area is 212 Å². The summed E-state index contributed by atoms with van der Waals surface area (Å²) < 4.78 is 27.8. The fraction of sp³-hybridized carbons (Fsp3) is 0.400. The minimum absolute atomic E-state index is 0.0250. The van der Waals surface area contributed by atoms with E-state index in [-0.39, 0.29) is 35.6 Å². The first-order chi connectivity index (χ1) is 16.1. The molecule has 0 aliphatic rings. The molecule has 0 unspecified atom stereocenters. The molecule has 0 spiro atoms. The maximum absolute atomic E-state index is 12.3. The van der Waals surface area contributed by atoms with Gasteiger partial charge in [-0.05, 0) is 43.4 Å². The van der Waals surface area contributed by atoms with Gasteiger partial charge in [0.15, 0.2) is 17.5 Å². The number of amides is 1. The lowest BCUT2D eigenvalue weighted by Crippen LogP contribution is -2.38. The smallest absolute Gasteiger partial charge is 0.280 e. The van der Waals surface area contributed by atoms with Gasteiger partial charge in [0.05, 0.1) is 18.1 Å². The first-order valence-corrected chi connectivity index (χ1v) is 13.6. The van der Waals surface area contributed by atoms with Crippen LogP contribution in [-0.4, -0.2) is 49.2 Å². The number of nitrogens with zero attached hydrogens (tertiary/aromatic N) is 3. The van der Waals surface area contributed by atoms with Gasteiger partial charge in [-0.2, -0.15) is 0 Å². The number of carbonyl (C=O) groups is 1. The van der Waals surface area contributed by atoms with E-state index in [2.05, 4.69) is 42.9 Å². The second-order valence-corrected chi connectivity index (χ2v) is 9.81. The number of hydrogen-bond acceptors (Lipinski definition) is 9. The number of unbranched alkanes of at least 4 members (excludes halogenated alkanes) is 1. The Morgan fingerprint density at radius 3 is 2.44 bits per heavy atom. The van der Waals surface area contributed by atoms with Crippen LogP contribution < -0.4 is 32.4 Å². The monoisotopic (exact) mass is 604 g/mol. The van der Waals surface area contributed by atoms with Gasteiger partial charge < -0.3 is 21.9 Å². The number of aliphatic imine (C=N–C) groups is 1.